The molecule has 212 valence electrons. The fraction of sp³-hybridized carbons (Fsp3) is 0.433. The number of aromatic nitrogens is 2. The molecule has 1 atom stereocenters. The fourth-order valence-corrected chi connectivity index (χ4v) is 5.87. The zero-order valence-electron chi connectivity index (χ0n) is 23.1. The zero-order valence-corrected chi connectivity index (χ0v) is 23.1. The third kappa shape index (κ3) is 5.54. The molecule has 3 heterocycles. The van der Waals surface area contributed by atoms with Crippen molar-refractivity contribution >= 4 is 23.2 Å². The van der Waals surface area contributed by atoms with E-state index in [9.17, 15) is 23.9 Å². The molecule has 0 amide bonds. The van der Waals surface area contributed by atoms with E-state index in [0.717, 1.165) is 73.4 Å². The number of halogens is 1. The van der Waals surface area contributed by atoms with Crippen LogP contribution in [0.15, 0.2) is 58.1 Å². The number of anilines is 3. The van der Waals surface area contributed by atoms with Gasteiger partial charge in [-0.25, -0.2) is 14.0 Å². The van der Waals surface area contributed by atoms with Gasteiger partial charge in [0.25, 0.3) is 5.56 Å². The Morgan fingerprint density at radius 3 is 2.42 bits per heavy atom. The number of carbonyl (C=O) groups is 1. The molecule has 1 fully saturated rings. The van der Waals surface area contributed by atoms with E-state index in [2.05, 4.69) is 26.8 Å². The molecule has 1 aromatic heterocycles. The summed E-state index contributed by atoms with van der Waals surface area (Å²) >= 11 is 0. The Kier molecular flexibility index (Phi) is 8.07. The number of hydrogen-bond acceptors (Lipinski definition) is 6. The minimum atomic E-state index is -2.06. The van der Waals surface area contributed by atoms with E-state index in [1.807, 2.05) is 18.2 Å². The molecule has 0 saturated carbocycles. The summed E-state index contributed by atoms with van der Waals surface area (Å²) in [5.41, 5.74) is 3.80. The van der Waals surface area contributed by atoms with Crippen LogP contribution in [-0.4, -0.2) is 64.4 Å². The number of carboxylic acids is 1. The smallest absolute Gasteiger partial charge is 0.343 e. The largest absolute Gasteiger partial charge is 0.479 e. The Labute approximate surface area is 232 Å². The minimum absolute atomic E-state index is 0.161. The first-order valence-electron chi connectivity index (χ1n) is 13.8. The second kappa shape index (κ2) is 11.7. The molecule has 10 heteroatoms. The molecule has 1 saturated heterocycles. The summed E-state index contributed by atoms with van der Waals surface area (Å²) in [5, 5.41) is 9.24. The van der Waals surface area contributed by atoms with Crippen LogP contribution in [0.2, 0.25) is 0 Å². The summed E-state index contributed by atoms with van der Waals surface area (Å²) in [4.78, 5) is 42.7. The molecule has 0 aliphatic carbocycles. The lowest BCUT2D eigenvalue weighted by Crippen LogP contribution is -2.41. The summed E-state index contributed by atoms with van der Waals surface area (Å²) in [5.74, 6) is -0.831. The average molecular weight is 550 g/mol. The number of carboxylic acid groups (broad SMARTS) is 1. The van der Waals surface area contributed by atoms with Gasteiger partial charge in [-0.05, 0) is 67.6 Å². The molecule has 0 spiro atoms. The van der Waals surface area contributed by atoms with E-state index in [1.165, 1.54) is 23.2 Å². The summed E-state index contributed by atoms with van der Waals surface area (Å²) in [6, 6.07) is 14.9. The highest BCUT2D eigenvalue weighted by atomic mass is 19.1. The number of para-hydroxylation sites is 1. The number of aliphatic carboxylic acids is 1. The maximum Gasteiger partial charge on any atom is 0.343 e. The van der Waals surface area contributed by atoms with Crippen molar-refractivity contribution in [2.75, 3.05) is 49.1 Å². The van der Waals surface area contributed by atoms with E-state index in [4.69, 9.17) is 0 Å². The lowest BCUT2D eigenvalue weighted by Gasteiger charge is -2.29. The summed E-state index contributed by atoms with van der Waals surface area (Å²) < 4.78 is 17.1. The molecule has 40 heavy (non-hydrogen) atoms. The monoisotopic (exact) mass is 549 g/mol. The number of fused-ring (bicyclic) bond motifs is 2. The molecule has 2 aliphatic rings. The SMILES string of the molecule is Cn1c(N2CCCN(CCCN3c4ccccc4CCc4ccc(C(F)C(=O)O)cc43)CC2)cc(=O)n(C)c1=O. The van der Waals surface area contributed by atoms with Crippen LogP contribution in [0.25, 0.3) is 0 Å². The fourth-order valence-electron chi connectivity index (χ4n) is 5.87. The van der Waals surface area contributed by atoms with Gasteiger partial charge in [0.1, 0.15) is 5.82 Å². The molecule has 0 radical (unpaired) electrons. The summed E-state index contributed by atoms with van der Waals surface area (Å²) in [6.07, 6.45) is 1.38. The van der Waals surface area contributed by atoms with Gasteiger partial charge in [0.2, 0.25) is 6.17 Å². The van der Waals surface area contributed by atoms with Crippen molar-refractivity contribution in [3.05, 3.63) is 86.1 Å². The number of aryl methyl sites for hydroxylation is 2. The standard InChI is InChI=1S/C30H36FN5O4/c1-32-26(20-27(37)33(2)30(32)40)35-15-5-13-34(17-18-35)14-6-16-36-24-8-4-3-7-21(24)9-10-22-11-12-23(19-25(22)36)28(31)29(38)39/h3-4,7-8,11-12,19-20,28H,5-6,9-10,13-18H2,1-2H3,(H,38,39). The van der Waals surface area contributed by atoms with Crippen molar-refractivity contribution in [2.45, 2.75) is 31.9 Å². The van der Waals surface area contributed by atoms with E-state index in [0.29, 0.717) is 18.9 Å². The van der Waals surface area contributed by atoms with E-state index in [1.54, 1.807) is 19.2 Å². The van der Waals surface area contributed by atoms with Gasteiger partial charge in [-0.3, -0.25) is 13.9 Å². The lowest BCUT2D eigenvalue weighted by molar-refractivity contribution is -0.143. The van der Waals surface area contributed by atoms with Gasteiger partial charge in [-0.2, -0.15) is 0 Å². The first kappa shape index (κ1) is 27.6. The molecule has 1 unspecified atom stereocenters. The highest BCUT2D eigenvalue weighted by Gasteiger charge is 2.25. The van der Waals surface area contributed by atoms with E-state index < -0.39 is 12.1 Å². The van der Waals surface area contributed by atoms with Crippen LogP contribution in [0.1, 0.15) is 35.7 Å². The minimum Gasteiger partial charge on any atom is -0.479 e. The summed E-state index contributed by atoms with van der Waals surface area (Å²) in [7, 11) is 3.19. The van der Waals surface area contributed by atoms with Crippen molar-refractivity contribution in [1.82, 2.24) is 14.0 Å². The van der Waals surface area contributed by atoms with Crippen molar-refractivity contribution in [3.8, 4) is 0 Å². The van der Waals surface area contributed by atoms with Gasteiger partial charge in [0.15, 0.2) is 0 Å². The van der Waals surface area contributed by atoms with Crippen LogP contribution >= 0.6 is 0 Å². The number of rotatable bonds is 7. The van der Waals surface area contributed by atoms with Crippen LogP contribution in [0.5, 0.6) is 0 Å². The van der Waals surface area contributed by atoms with Crippen molar-refractivity contribution in [1.29, 1.82) is 0 Å². The van der Waals surface area contributed by atoms with E-state index >= 15 is 0 Å². The van der Waals surface area contributed by atoms with Gasteiger partial charge in [0, 0.05) is 57.7 Å². The first-order valence-corrected chi connectivity index (χ1v) is 13.8. The zero-order chi connectivity index (χ0) is 28.4. The van der Waals surface area contributed by atoms with Crippen LogP contribution in [0.3, 0.4) is 0 Å². The summed E-state index contributed by atoms with van der Waals surface area (Å²) in [6.45, 7) is 4.77. The van der Waals surface area contributed by atoms with Crippen LogP contribution in [0.4, 0.5) is 21.6 Å². The average Bonchev–Trinajstić information content (AvgIpc) is 3.28. The molecule has 2 aliphatic heterocycles. The topological polar surface area (TPSA) is 91.0 Å². The quantitative estimate of drug-likeness (QED) is 0.485. The van der Waals surface area contributed by atoms with Gasteiger partial charge in [-0.15, -0.1) is 0 Å². The lowest BCUT2D eigenvalue weighted by atomic mass is 10.0. The normalized spacial score (nSPS) is 16.6. The Morgan fingerprint density at radius 2 is 1.65 bits per heavy atom. The number of benzene rings is 2. The Balaban J connectivity index is 1.30. The number of alkyl halides is 1. The van der Waals surface area contributed by atoms with Crippen LogP contribution in [-0.2, 0) is 31.7 Å². The molecular weight excluding hydrogens is 513 g/mol. The predicted molar refractivity (Wildman–Crippen MR) is 154 cm³/mol. The highest BCUT2D eigenvalue weighted by molar-refractivity contribution is 5.77. The molecule has 1 N–H and O–H groups in total. The Hall–Kier alpha value is -3.92. The van der Waals surface area contributed by atoms with Crippen molar-refractivity contribution in [3.63, 3.8) is 0 Å². The maximum absolute atomic E-state index is 14.5. The second-order valence-electron chi connectivity index (χ2n) is 10.6. The molecule has 0 bridgehead atoms. The molecule has 2 aromatic carbocycles. The first-order chi connectivity index (χ1) is 19.2. The van der Waals surface area contributed by atoms with E-state index in [-0.39, 0.29) is 16.8 Å². The van der Waals surface area contributed by atoms with Gasteiger partial charge in [-0.1, -0.05) is 30.3 Å². The van der Waals surface area contributed by atoms with Gasteiger partial charge >= 0.3 is 11.7 Å². The number of hydrogen-bond donors (Lipinski definition) is 1. The van der Waals surface area contributed by atoms with Gasteiger partial charge < -0.3 is 19.8 Å². The molecular formula is C30H36FN5O4. The third-order valence-electron chi connectivity index (χ3n) is 8.12. The highest BCUT2D eigenvalue weighted by Crippen LogP contribution is 2.38. The molecule has 9 nitrogen and oxygen atoms in total. The predicted octanol–water partition coefficient (Wildman–Crippen LogP) is 3.02. The van der Waals surface area contributed by atoms with Crippen molar-refractivity contribution in [2.24, 2.45) is 14.1 Å². The molecule has 5 rings (SSSR count). The second-order valence-corrected chi connectivity index (χ2v) is 10.6. The van der Waals surface area contributed by atoms with Crippen LogP contribution in [0, 0.1) is 0 Å². The van der Waals surface area contributed by atoms with Crippen molar-refractivity contribution < 1.29 is 14.3 Å². The Bertz CT molecular complexity index is 1520. The van der Waals surface area contributed by atoms with Crippen LogP contribution < -0.4 is 21.0 Å². The third-order valence-corrected chi connectivity index (χ3v) is 8.12. The maximum atomic E-state index is 14.5. The Morgan fingerprint density at radius 1 is 0.900 bits per heavy atom. The number of nitrogens with zero attached hydrogens (tertiary/aromatic N) is 5. The van der Waals surface area contributed by atoms with Gasteiger partial charge in [0.05, 0.1) is 0 Å². The molecule has 3 aromatic rings.